The number of nitrogens with zero attached hydrogens (tertiary/aromatic N) is 3. The summed E-state index contributed by atoms with van der Waals surface area (Å²) in [5, 5.41) is 5.22. The number of benzene rings is 2. The van der Waals surface area contributed by atoms with Gasteiger partial charge in [-0.2, -0.15) is 13.2 Å². The fraction of sp³-hybridized carbons (Fsp3) is 0.111. The molecule has 0 unspecified atom stereocenters. The number of carbonyl (C=O) groups is 2. The lowest BCUT2D eigenvalue weighted by atomic mass is 10.1. The lowest BCUT2D eigenvalue weighted by Gasteiger charge is -2.16. The Labute approximate surface area is 210 Å². The van der Waals surface area contributed by atoms with Crippen LogP contribution in [0.5, 0.6) is 0 Å². The van der Waals surface area contributed by atoms with E-state index >= 15 is 0 Å². The highest BCUT2D eigenvalue weighted by Gasteiger charge is 2.34. The Morgan fingerprint density at radius 3 is 2.51 bits per heavy atom. The normalized spacial score (nSPS) is 11.5. The molecule has 0 aliphatic carbocycles. The molecule has 0 aliphatic heterocycles. The lowest BCUT2D eigenvalue weighted by molar-refractivity contribution is -0.137. The number of aromatic nitrogens is 3. The second-order valence-corrected chi connectivity index (χ2v) is 8.24. The summed E-state index contributed by atoms with van der Waals surface area (Å²) in [6, 6.07) is 11.7. The van der Waals surface area contributed by atoms with Gasteiger partial charge in [0.25, 0.3) is 5.91 Å². The van der Waals surface area contributed by atoms with Crippen molar-refractivity contribution in [1.82, 2.24) is 14.5 Å². The quantitative estimate of drug-likeness (QED) is 0.324. The molecule has 0 aliphatic rings. The molecule has 0 saturated heterocycles. The van der Waals surface area contributed by atoms with Crippen molar-refractivity contribution >= 4 is 29.3 Å². The highest BCUT2D eigenvalue weighted by Crippen LogP contribution is 2.36. The van der Waals surface area contributed by atoms with E-state index in [0.29, 0.717) is 16.9 Å². The minimum atomic E-state index is -4.65. The number of rotatable bonds is 6. The third-order valence-corrected chi connectivity index (χ3v) is 5.42. The molecule has 2 aromatic heterocycles. The Bertz CT molecular complexity index is 1480. The van der Waals surface area contributed by atoms with Crippen LogP contribution in [0.1, 0.15) is 32.7 Å². The highest BCUT2D eigenvalue weighted by atomic mass is 19.4. The van der Waals surface area contributed by atoms with Crippen molar-refractivity contribution in [1.29, 1.82) is 0 Å². The summed E-state index contributed by atoms with van der Waals surface area (Å²) in [5.41, 5.74) is 1.54. The molecule has 0 fully saturated rings. The number of carbonyl (C=O) groups excluding carboxylic acids is 2. The standard InChI is InChI=1S/C27H22F3N5O2/c1-17-5-7-20(12-23(17)34-25(36)10-6-19-4-3-11-31-14-19)26(37)33-21-8-9-24(22(13-21)27(28,29)30)35-15-18(2)32-16-35/h3-16H,1-2H3,(H,33,37)(H,34,36). The zero-order valence-electron chi connectivity index (χ0n) is 19.9. The van der Waals surface area contributed by atoms with Crippen LogP contribution in [0.2, 0.25) is 0 Å². The summed E-state index contributed by atoms with van der Waals surface area (Å²) < 4.78 is 42.6. The summed E-state index contributed by atoms with van der Waals surface area (Å²) in [4.78, 5) is 33.2. The number of nitrogens with one attached hydrogen (secondary N) is 2. The first-order valence-electron chi connectivity index (χ1n) is 11.1. The molecule has 4 aromatic rings. The first-order valence-corrected chi connectivity index (χ1v) is 11.1. The van der Waals surface area contributed by atoms with E-state index in [2.05, 4.69) is 20.6 Å². The second kappa shape index (κ2) is 10.5. The summed E-state index contributed by atoms with van der Waals surface area (Å²) in [6.45, 7) is 3.43. The van der Waals surface area contributed by atoms with Gasteiger partial charge in [0, 0.05) is 41.6 Å². The minimum absolute atomic E-state index is 0.0246. The largest absolute Gasteiger partial charge is 0.418 e. The van der Waals surface area contributed by atoms with Crippen molar-refractivity contribution in [2.24, 2.45) is 0 Å². The average Bonchev–Trinajstić information content (AvgIpc) is 3.30. The number of hydrogen-bond acceptors (Lipinski definition) is 4. The Balaban J connectivity index is 1.52. The first-order chi connectivity index (χ1) is 17.6. The smallest absolute Gasteiger partial charge is 0.322 e. The number of hydrogen-bond donors (Lipinski definition) is 2. The Morgan fingerprint density at radius 2 is 1.84 bits per heavy atom. The monoisotopic (exact) mass is 505 g/mol. The molecule has 0 bridgehead atoms. The van der Waals surface area contributed by atoms with Gasteiger partial charge >= 0.3 is 6.18 Å². The molecule has 2 aromatic carbocycles. The number of aryl methyl sites for hydroxylation is 2. The number of alkyl halides is 3. The van der Waals surface area contributed by atoms with Crippen LogP contribution in [0.4, 0.5) is 24.5 Å². The maximum absolute atomic E-state index is 13.8. The summed E-state index contributed by atoms with van der Waals surface area (Å²) in [6.07, 6.45) is 4.29. The number of imidazole rings is 1. The van der Waals surface area contributed by atoms with Crippen molar-refractivity contribution in [3.63, 3.8) is 0 Å². The van der Waals surface area contributed by atoms with Crippen LogP contribution in [0.25, 0.3) is 11.8 Å². The summed E-state index contributed by atoms with van der Waals surface area (Å²) in [7, 11) is 0. The second-order valence-electron chi connectivity index (χ2n) is 8.24. The minimum Gasteiger partial charge on any atom is -0.322 e. The van der Waals surface area contributed by atoms with Gasteiger partial charge in [0.1, 0.15) is 0 Å². The van der Waals surface area contributed by atoms with Crippen LogP contribution < -0.4 is 10.6 Å². The zero-order valence-corrected chi connectivity index (χ0v) is 19.9. The Hall–Kier alpha value is -4.73. The fourth-order valence-corrected chi connectivity index (χ4v) is 3.54. The van der Waals surface area contributed by atoms with Crippen molar-refractivity contribution in [3.8, 4) is 5.69 Å². The van der Waals surface area contributed by atoms with Crippen LogP contribution in [0.3, 0.4) is 0 Å². The summed E-state index contributed by atoms with van der Waals surface area (Å²) >= 11 is 0. The molecule has 10 heteroatoms. The third kappa shape index (κ3) is 6.29. The predicted molar refractivity (Wildman–Crippen MR) is 134 cm³/mol. The van der Waals surface area contributed by atoms with E-state index in [9.17, 15) is 22.8 Å². The van der Waals surface area contributed by atoms with Crippen molar-refractivity contribution in [2.75, 3.05) is 10.6 Å². The third-order valence-electron chi connectivity index (χ3n) is 5.42. The van der Waals surface area contributed by atoms with Gasteiger partial charge in [-0.05, 0) is 67.4 Å². The van der Waals surface area contributed by atoms with Gasteiger partial charge in [-0.15, -0.1) is 0 Å². The van der Waals surface area contributed by atoms with Gasteiger partial charge in [-0.1, -0.05) is 12.1 Å². The van der Waals surface area contributed by atoms with Crippen LogP contribution >= 0.6 is 0 Å². The average molecular weight is 506 g/mol. The molecule has 0 atom stereocenters. The maximum Gasteiger partial charge on any atom is 0.418 e. The maximum atomic E-state index is 13.8. The van der Waals surface area contributed by atoms with Gasteiger partial charge in [-0.25, -0.2) is 4.98 Å². The molecule has 37 heavy (non-hydrogen) atoms. The fourth-order valence-electron chi connectivity index (χ4n) is 3.54. The van der Waals surface area contributed by atoms with Crippen LogP contribution in [0, 0.1) is 13.8 Å². The van der Waals surface area contributed by atoms with Gasteiger partial charge in [0.15, 0.2) is 0 Å². The van der Waals surface area contributed by atoms with E-state index < -0.39 is 23.6 Å². The highest BCUT2D eigenvalue weighted by molar-refractivity contribution is 6.07. The van der Waals surface area contributed by atoms with E-state index in [0.717, 1.165) is 11.6 Å². The number of pyridine rings is 1. The molecule has 188 valence electrons. The van der Waals surface area contributed by atoms with Gasteiger partial charge in [0.05, 0.1) is 23.3 Å². The van der Waals surface area contributed by atoms with E-state index in [1.54, 1.807) is 50.5 Å². The molecular weight excluding hydrogens is 483 g/mol. The lowest BCUT2D eigenvalue weighted by Crippen LogP contribution is -2.16. The predicted octanol–water partition coefficient (Wildman–Crippen LogP) is 5.81. The van der Waals surface area contributed by atoms with E-state index in [1.165, 1.54) is 47.4 Å². The van der Waals surface area contributed by atoms with Crippen molar-refractivity contribution in [3.05, 3.63) is 107 Å². The molecule has 2 heterocycles. The van der Waals surface area contributed by atoms with Crippen LogP contribution in [-0.2, 0) is 11.0 Å². The van der Waals surface area contributed by atoms with Gasteiger partial charge in [0.2, 0.25) is 5.91 Å². The molecule has 4 rings (SSSR count). The zero-order chi connectivity index (χ0) is 26.6. The Kier molecular flexibility index (Phi) is 7.19. The summed E-state index contributed by atoms with van der Waals surface area (Å²) in [5.74, 6) is -1.04. The molecule has 2 N–H and O–H groups in total. The van der Waals surface area contributed by atoms with Crippen LogP contribution in [-0.4, -0.2) is 26.3 Å². The van der Waals surface area contributed by atoms with Gasteiger partial charge < -0.3 is 15.2 Å². The van der Waals surface area contributed by atoms with Crippen molar-refractivity contribution in [2.45, 2.75) is 20.0 Å². The number of amides is 2. The Morgan fingerprint density at radius 1 is 1.03 bits per heavy atom. The van der Waals surface area contributed by atoms with Gasteiger partial charge in [-0.3, -0.25) is 14.6 Å². The van der Waals surface area contributed by atoms with E-state index in [-0.39, 0.29) is 16.9 Å². The molecule has 0 spiro atoms. The number of anilines is 2. The van der Waals surface area contributed by atoms with Crippen molar-refractivity contribution < 1.29 is 22.8 Å². The van der Waals surface area contributed by atoms with E-state index in [4.69, 9.17) is 0 Å². The van der Waals surface area contributed by atoms with Crippen LogP contribution in [0.15, 0.2) is 79.5 Å². The molecular formula is C27H22F3N5O2. The molecule has 0 saturated carbocycles. The molecule has 7 nitrogen and oxygen atoms in total. The topological polar surface area (TPSA) is 88.9 Å². The molecule has 2 amide bonds. The molecule has 0 radical (unpaired) electrons. The number of halogens is 3. The van der Waals surface area contributed by atoms with E-state index in [1.807, 2.05) is 0 Å². The first kappa shape index (κ1) is 25.4. The SMILES string of the molecule is Cc1cn(-c2ccc(NC(=O)c3ccc(C)c(NC(=O)C=Cc4cccnc4)c3)cc2C(F)(F)F)cn1.